The molecule has 1 N–H and O–H groups in total. The second-order valence-electron chi connectivity index (χ2n) is 5.76. The first-order valence-corrected chi connectivity index (χ1v) is 9.48. The van der Waals surface area contributed by atoms with Crippen molar-refractivity contribution in [2.45, 2.75) is 26.3 Å². The van der Waals surface area contributed by atoms with E-state index in [1.807, 2.05) is 0 Å². The molecule has 2 rings (SSSR count). The lowest BCUT2D eigenvalue weighted by Gasteiger charge is -2.31. The number of ketones is 1. The molecule has 0 radical (unpaired) electrons. The van der Waals surface area contributed by atoms with E-state index < -0.39 is 15.8 Å². The van der Waals surface area contributed by atoms with Crippen molar-refractivity contribution in [2.24, 2.45) is 5.92 Å². The first-order chi connectivity index (χ1) is 11.3. The number of carbonyl (C=O) groups is 1. The van der Waals surface area contributed by atoms with Crippen LogP contribution in [0.2, 0.25) is 0 Å². The van der Waals surface area contributed by atoms with E-state index in [4.69, 9.17) is 9.47 Å². The Kier molecular flexibility index (Phi) is 6.31. The third-order valence-corrected chi connectivity index (χ3v) is 5.39. The van der Waals surface area contributed by atoms with E-state index in [0.717, 1.165) is 6.07 Å². The number of hydrogen-bond donors (Lipinski definition) is 1. The average Bonchev–Trinajstić information content (AvgIpc) is 2.53. The molecule has 0 amide bonds. The fourth-order valence-corrected chi connectivity index (χ4v) is 3.44. The third-order valence-electron chi connectivity index (χ3n) is 3.97. The maximum Gasteiger partial charge on any atom is 0.211 e. The minimum atomic E-state index is -3.32. The molecule has 0 bridgehead atoms. The van der Waals surface area contributed by atoms with Crippen molar-refractivity contribution >= 4 is 15.8 Å². The molecule has 1 fully saturated rings. The predicted octanol–water partition coefficient (Wildman–Crippen LogP) is 1.75. The van der Waals surface area contributed by atoms with Crippen molar-refractivity contribution in [2.75, 3.05) is 25.6 Å². The van der Waals surface area contributed by atoms with Crippen LogP contribution in [0, 0.1) is 11.7 Å². The maximum absolute atomic E-state index is 13.8. The third kappa shape index (κ3) is 4.99. The van der Waals surface area contributed by atoms with Crippen LogP contribution < -0.4 is 9.46 Å². The molecule has 0 spiro atoms. The fourth-order valence-electron chi connectivity index (χ4n) is 2.50. The quantitative estimate of drug-likeness (QED) is 0.750. The van der Waals surface area contributed by atoms with Crippen molar-refractivity contribution in [3.8, 4) is 5.75 Å². The number of halogens is 1. The second-order valence-corrected chi connectivity index (χ2v) is 7.80. The largest absolute Gasteiger partial charge is 0.493 e. The van der Waals surface area contributed by atoms with Crippen LogP contribution in [0.1, 0.15) is 30.6 Å². The monoisotopic (exact) mass is 359 g/mol. The van der Waals surface area contributed by atoms with Crippen molar-refractivity contribution in [1.29, 1.82) is 0 Å². The lowest BCUT2D eigenvalue weighted by atomic mass is 9.98. The number of Topliss-reactive ketones (excluding diaryl/α,β-unsaturated/α-hetero) is 1. The zero-order valence-electron chi connectivity index (χ0n) is 13.7. The summed E-state index contributed by atoms with van der Waals surface area (Å²) in [4.78, 5) is 11.2. The minimum Gasteiger partial charge on any atom is -0.493 e. The van der Waals surface area contributed by atoms with Gasteiger partial charge in [-0.25, -0.2) is 17.5 Å². The molecule has 1 aliphatic rings. The van der Waals surface area contributed by atoms with Gasteiger partial charge < -0.3 is 9.47 Å². The Morgan fingerprint density at radius 3 is 2.83 bits per heavy atom. The van der Waals surface area contributed by atoms with Crippen LogP contribution in [-0.4, -0.2) is 45.8 Å². The van der Waals surface area contributed by atoms with E-state index in [1.165, 1.54) is 19.1 Å². The highest BCUT2D eigenvalue weighted by Gasteiger charge is 2.29. The van der Waals surface area contributed by atoms with Gasteiger partial charge in [0.2, 0.25) is 10.0 Å². The summed E-state index contributed by atoms with van der Waals surface area (Å²) in [7, 11) is -3.32. The Morgan fingerprint density at radius 2 is 2.21 bits per heavy atom. The molecule has 0 saturated carbocycles. The molecular formula is C16H22FNO5S. The molecule has 8 heteroatoms. The highest BCUT2D eigenvalue weighted by Crippen LogP contribution is 2.21. The van der Waals surface area contributed by atoms with Gasteiger partial charge in [0.1, 0.15) is 11.6 Å². The molecule has 6 nitrogen and oxygen atoms in total. The standard InChI is InChI=1S/C16H22FNO5S/c1-3-24(20,21)18-16-6-7-22-9-12(16)10-23-13-4-5-14(11(2)19)15(17)8-13/h4-5,8,12,16,18H,3,6-7,9-10H2,1-2H3/t12-,16+/m0/s1. The van der Waals surface area contributed by atoms with Gasteiger partial charge in [-0.15, -0.1) is 0 Å². The first kappa shape index (κ1) is 18.8. The van der Waals surface area contributed by atoms with Gasteiger partial charge in [-0.3, -0.25) is 4.79 Å². The van der Waals surface area contributed by atoms with Crippen LogP contribution in [0.15, 0.2) is 18.2 Å². The lowest BCUT2D eigenvalue weighted by Crippen LogP contribution is -2.47. The molecule has 1 heterocycles. The minimum absolute atomic E-state index is 0.00958. The van der Waals surface area contributed by atoms with Crippen LogP contribution in [0.25, 0.3) is 0 Å². The molecule has 0 unspecified atom stereocenters. The van der Waals surface area contributed by atoms with Crippen LogP contribution in [0.5, 0.6) is 5.75 Å². The van der Waals surface area contributed by atoms with E-state index in [0.29, 0.717) is 25.4 Å². The van der Waals surface area contributed by atoms with Crippen LogP contribution in [0.4, 0.5) is 4.39 Å². The van der Waals surface area contributed by atoms with Crippen LogP contribution in [-0.2, 0) is 14.8 Å². The molecule has 24 heavy (non-hydrogen) atoms. The van der Waals surface area contributed by atoms with E-state index in [2.05, 4.69) is 4.72 Å². The number of rotatable bonds is 7. The van der Waals surface area contributed by atoms with Crippen molar-refractivity contribution in [1.82, 2.24) is 4.72 Å². The van der Waals surface area contributed by atoms with Crippen LogP contribution in [0.3, 0.4) is 0 Å². The summed E-state index contributed by atoms with van der Waals surface area (Å²) >= 11 is 0. The Hall–Kier alpha value is -1.51. The van der Waals surface area contributed by atoms with Gasteiger partial charge in [-0.1, -0.05) is 0 Å². The topological polar surface area (TPSA) is 81.7 Å². The molecular weight excluding hydrogens is 337 g/mol. The highest BCUT2D eigenvalue weighted by atomic mass is 32.2. The van der Waals surface area contributed by atoms with Crippen molar-refractivity contribution in [3.63, 3.8) is 0 Å². The van der Waals surface area contributed by atoms with Gasteiger partial charge >= 0.3 is 0 Å². The van der Waals surface area contributed by atoms with Gasteiger partial charge in [-0.2, -0.15) is 0 Å². The summed E-state index contributed by atoms with van der Waals surface area (Å²) in [5.41, 5.74) is 0.0110. The maximum atomic E-state index is 13.8. The van der Waals surface area contributed by atoms with Gasteiger partial charge in [0, 0.05) is 24.6 Å². The van der Waals surface area contributed by atoms with E-state index in [-0.39, 0.29) is 35.7 Å². The van der Waals surface area contributed by atoms with Crippen LogP contribution >= 0.6 is 0 Å². The number of hydrogen-bond acceptors (Lipinski definition) is 5. The average molecular weight is 359 g/mol. The number of sulfonamides is 1. The Bertz CT molecular complexity index is 692. The van der Waals surface area contributed by atoms with E-state index >= 15 is 0 Å². The molecule has 1 aliphatic heterocycles. The normalized spacial score (nSPS) is 21.5. The fraction of sp³-hybridized carbons (Fsp3) is 0.562. The smallest absolute Gasteiger partial charge is 0.211 e. The van der Waals surface area contributed by atoms with Gasteiger partial charge in [0.25, 0.3) is 0 Å². The molecule has 2 atom stereocenters. The van der Waals surface area contributed by atoms with E-state index in [1.54, 1.807) is 6.92 Å². The van der Waals surface area contributed by atoms with Crippen molar-refractivity contribution in [3.05, 3.63) is 29.6 Å². The Balaban J connectivity index is 2.01. The predicted molar refractivity (Wildman–Crippen MR) is 87.2 cm³/mol. The zero-order chi connectivity index (χ0) is 17.7. The van der Waals surface area contributed by atoms with Crippen molar-refractivity contribution < 1.29 is 27.1 Å². The molecule has 1 aromatic rings. The molecule has 1 aromatic carbocycles. The summed E-state index contributed by atoms with van der Waals surface area (Å²) in [6.45, 7) is 3.91. The number of carbonyl (C=O) groups excluding carboxylic acids is 1. The summed E-state index contributed by atoms with van der Waals surface area (Å²) in [5.74, 6) is -0.858. The second kappa shape index (κ2) is 8.04. The zero-order valence-corrected chi connectivity index (χ0v) is 14.6. The summed E-state index contributed by atoms with van der Waals surface area (Å²) in [6, 6.07) is 3.78. The highest BCUT2D eigenvalue weighted by molar-refractivity contribution is 7.89. The van der Waals surface area contributed by atoms with E-state index in [9.17, 15) is 17.6 Å². The lowest BCUT2D eigenvalue weighted by molar-refractivity contribution is 0.0186. The summed E-state index contributed by atoms with van der Waals surface area (Å²) < 4.78 is 50.9. The summed E-state index contributed by atoms with van der Waals surface area (Å²) in [5, 5.41) is 0. The summed E-state index contributed by atoms with van der Waals surface area (Å²) in [6.07, 6.45) is 0.560. The molecule has 0 aromatic heterocycles. The van der Waals surface area contributed by atoms with Gasteiger partial charge in [0.05, 0.1) is 24.5 Å². The SMILES string of the molecule is CCS(=O)(=O)N[C@@H]1CCOC[C@H]1COc1ccc(C(C)=O)c(F)c1. The number of benzene rings is 1. The number of ether oxygens (including phenoxy) is 2. The molecule has 0 aliphatic carbocycles. The first-order valence-electron chi connectivity index (χ1n) is 7.83. The Labute approximate surface area is 141 Å². The number of nitrogens with one attached hydrogen (secondary N) is 1. The Morgan fingerprint density at radius 1 is 1.46 bits per heavy atom. The molecule has 134 valence electrons. The van der Waals surface area contributed by atoms with Gasteiger partial charge in [-0.05, 0) is 32.4 Å². The molecule has 1 saturated heterocycles. The van der Waals surface area contributed by atoms with Gasteiger partial charge in [0.15, 0.2) is 5.78 Å².